The molecule has 0 radical (unpaired) electrons. The molecule has 82 valence electrons. The van der Waals surface area contributed by atoms with Crippen molar-refractivity contribution in [2.45, 2.75) is 31.9 Å². The van der Waals surface area contributed by atoms with Gasteiger partial charge < -0.3 is 15.0 Å². The molecule has 2 fully saturated rings. The zero-order valence-corrected chi connectivity index (χ0v) is 9.33. The van der Waals surface area contributed by atoms with E-state index in [1.54, 1.807) is 0 Å². The number of hydrogen-bond donors (Lipinski definition) is 1. The van der Waals surface area contributed by atoms with E-state index >= 15 is 0 Å². The Morgan fingerprint density at radius 1 is 1.43 bits per heavy atom. The lowest BCUT2D eigenvalue weighted by Crippen LogP contribution is -2.50. The second kappa shape index (κ2) is 4.60. The van der Waals surface area contributed by atoms with Crippen LogP contribution in [0.1, 0.15) is 19.8 Å². The van der Waals surface area contributed by atoms with Gasteiger partial charge in [-0.1, -0.05) is 6.92 Å². The third kappa shape index (κ3) is 2.47. The van der Waals surface area contributed by atoms with Gasteiger partial charge in [-0.15, -0.1) is 0 Å². The third-order valence-electron chi connectivity index (χ3n) is 3.57. The fourth-order valence-corrected chi connectivity index (χ4v) is 2.24. The van der Waals surface area contributed by atoms with Crippen LogP contribution in [0.4, 0.5) is 0 Å². The second-order valence-electron chi connectivity index (χ2n) is 4.82. The van der Waals surface area contributed by atoms with Gasteiger partial charge in [0.1, 0.15) is 0 Å². The molecule has 1 aliphatic carbocycles. The highest BCUT2D eigenvalue weighted by Gasteiger charge is 2.27. The molecule has 2 aliphatic rings. The molecule has 3 heteroatoms. The van der Waals surface area contributed by atoms with Crippen LogP contribution in [-0.2, 0) is 4.74 Å². The van der Waals surface area contributed by atoms with Crippen molar-refractivity contribution in [2.24, 2.45) is 5.92 Å². The SMILES string of the molecule is CC1CCC1NCC1CN(C)CCO1. The Hall–Kier alpha value is -0.120. The molecular weight excluding hydrogens is 176 g/mol. The summed E-state index contributed by atoms with van der Waals surface area (Å²) in [6.07, 6.45) is 3.15. The van der Waals surface area contributed by atoms with Crippen LogP contribution in [0.25, 0.3) is 0 Å². The fraction of sp³-hybridized carbons (Fsp3) is 1.00. The van der Waals surface area contributed by atoms with Crippen LogP contribution < -0.4 is 5.32 Å². The van der Waals surface area contributed by atoms with E-state index in [2.05, 4.69) is 24.2 Å². The Morgan fingerprint density at radius 2 is 2.29 bits per heavy atom. The van der Waals surface area contributed by atoms with Gasteiger partial charge in [0.2, 0.25) is 0 Å². The highest BCUT2D eigenvalue weighted by atomic mass is 16.5. The highest BCUT2D eigenvalue weighted by molar-refractivity contribution is 4.85. The van der Waals surface area contributed by atoms with Gasteiger partial charge in [-0.25, -0.2) is 0 Å². The molecule has 1 N–H and O–H groups in total. The molecular formula is C11H22N2O. The summed E-state index contributed by atoms with van der Waals surface area (Å²) < 4.78 is 5.70. The fourth-order valence-electron chi connectivity index (χ4n) is 2.24. The first-order valence-electron chi connectivity index (χ1n) is 5.79. The number of hydrogen-bond acceptors (Lipinski definition) is 3. The Kier molecular flexibility index (Phi) is 3.42. The van der Waals surface area contributed by atoms with Crippen molar-refractivity contribution in [1.29, 1.82) is 0 Å². The lowest BCUT2D eigenvalue weighted by Gasteiger charge is -2.37. The number of morpholine rings is 1. The molecule has 1 saturated heterocycles. The smallest absolute Gasteiger partial charge is 0.0826 e. The number of nitrogens with one attached hydrogen (secondary N) is 1. The molecule has 0 aromatic carbocycles. The molecule has 14 heavy (non-hydrogen) atoms. The lowest BCUT2D eigenvalue weighted by atomic mass is 9.81. The van der Waals surface area contributed by atoms with Crippen LogP contribution in [-0.4, -0.2) is 50.3 Å². The summed E-state index contributed by atoms with van der Waals surface area (Å²) in [6, 6.07) is 0.755. The Morgan fingerprint density at radius 3 is 2.86 bits per heavy atom. The van der Waals surface area contributed by atoms with Gasteiger partial charge in [-0.3, -0.25) is 0 Å². The van der Waals surface area contributed by atoms with Gasteiger partial charge in [0.25, 0.3) is 0 Å². The normalized spacial score (nSPS) is 39.4. The minimum absolute atomic E-state index is 0.404. The molecule has 1 aliphatic heterocycles. The third-order valence-corrected chi connectivity index (χ3v) is 3.57. The maximum Gasteiger partial charge on any atom is 0.0826 e. The van der Waals surface area contributed by atoms with E-state index in [1.165, 1.54) is 12.8 Å². The summed E-state index contributed by atoms with van der Waals surface area (Å²) in [5, 5.41) is 3.61. The summed E-state index contributed by atoms with van der Waals surface area (Å²) in [6.45, 7) is 6.40. The molecule has 2 rings (SSSR count). The Balaban J connectivity index is 1.64. The molecule has 1 heterocycles. The highest BCUT2D eigenvalue weighted by Crippen LogP contribution is 2.26. The first-order chi connectivity index (χ1) is 6.75. The summed E-state index contributed by atoms with van der Waals surface area (Å²) in [5.74, 6) is 0.872. The van der Waals surface area contributed by atoms with Crippen molar-refractivity contribution in [2.75, 3.05) is 33.3 Å². The van der Waals surface area contributed by atoms with E-state index in [0.29, 0.717) is 6.10 Å². The molecule has 0 spiro atoms. The second-order valence-corrected chi connectivity index (χ2v) is 4.82. The van der Waals surface area contributed by atoms with Crippen LogP contribution in [0, 0.1) is 5.92 Å². The van der Waals surface area contributed by atoms with Crippen LogP contribution in [0.2, 0.25) is 0 Å². The molecule has 3 unspecified atom stereocenters. The van der Waals surface area contributed by atoms with Crippen molar-refractivity contribution < 1.29 is 4.74 Å². The number of likely N-dealkylation sites (N-methyl/N-ethyl adjacent to an activating group) is 1. The van der Waals surface area contributed by atoms with Crippen LogP contribution in [0.3, 0.4) is 0 Å². The van der Waals surface area contributed by atoms with Gasteiger partial charge in [-0.05, 0) is 25.8 Å². The maximum absolute atomic E-state index is 5.70. The maximum atomic E-state index is 5.70. The van der Waals surface area contributed by atoms with Crippen molar-refractivity contribution in [1.82, 2.24) is 10.2 Å². The number of rotatable bonds is 3. The summed E-state index contributed by atoms with van der Waals surface area (Å²) in [7, 11) is 2.17. The van der Waals surface area contributed by atoms with E-state index in [9.17, 15) is 0 Å². The van der Waals surface area contributed by atoms with Gasteiger partial charge in [0.05, 0.1) is 12.7 Å². The standard InChI is InChI=1S/C11H22N2O/c1-9-3-4-11(9)12-7-10-8-13(2)5-6-14-10/h9-12H,3-8H2,1-2H3. The van der Waals surface area contributed by atoms with E-state index in [0.717, 1.165) is 38.2 Å². The average molecular weight is 198 g/mol. The molecule has 0 amide bonds. The molecule has 0 aromatic rings. The van der Waals surface area contributed by atoms with Crippen molar-refractivity contribution in [3.8, 4) is 0 Å². The van der Waals surface area contributed by atoms with Gasteiger partial charge in [0, 0.05) is 25.7 Å². The van der Waals surface area contributed by atoms with Crippen molar-refractivity contribution in [3.05, 3.63) is 0 Å². The molecule has 3 nitrogen and oxygen atoms in total. The predicted octanol–water partition coefficient (Wildman–Crippen LogP) is 0.705. The van der Waals surface area contributed by atoms with Crippen molar-refractivity contribution in [3.63, 3.8) is 0 Å². The first kappa shape index (κ1) is 10.4. The van der Waals surface area contributed by atoms with E-state index < -0.39 is 0 Å². The van der Waals surface area contributed by atoms with E-state index in [-0.39, 0.29) is 0 Å². The van der Waals surface area contributed by atoms with Crippen LogP contribution in [0.5, 0.6) is 0 Å². The zero-order valence-electron chi connectivity index (χ0n) is 9.33. The van der Waals surface area contributed by atoms with E-state index in [1.807, 2.05) is 0 Å². The van der Waals surface area contributed by atoms with E-state index in [4.69, 9.17) is 4.74 Å². The molecule has 1 saturated carbocycles. The number of ether oxygens (including phenoxy) is 1. The first-order valence-corrected chi connectivity index (χ1v) is 5.79. The lowest BCUT2D eigenvalue weighted by molar-refractivity contribution is -0.0217. The largest absolute Gasteiger partial charge is 0.374 e. The Bertz CT molecular complexity index is 186. The molecule has 0 bridgehead atoms. The topological polar surface area (TPSA) is 24.5 Å². The van der Waals surface area contributed by atoms with Crippen LogP contribution >= 0.6 is 0 Å². The van der Waals surface area contributed by atoms with Gasteiger partial charge in [0.15, 0.2) is 0 Å². The summed E-state index contributed by atoms with van der Waals surface area (Å²) in [4.78, 5) is 2.35. The summed E-state index contributed by atoms with van der Waals surface area (Å²) in [5.41, 5.74) is 0. The monoisotopic (exact) mass is 198 g/mol. The molecule has 0 aromatic heterocycles. The minimum Gasteiger partial charge on any atom is -0.374 e. The zero-order chi connectivity index (χ0) is 9.97. The van der Waals surface area contributed by atoms with Gasteiger partial charge in [-0.2, -0.15) is 0 Å². The molecule has 3 atom stereocenters. The van der Waals surface area contributed by atoms with Gasteiger partial charge >= 0.3 is 0 Å². The quantitative estimate of drug-likeness (QED) is 0.722. The minimum atomic E-state index is 0.404. The van der Waals surface area contributed by atoms with Crippen LogP contribution in [0.15, 0.2) is 0 Å². The predicted molar refractivity (Wildman–Crippen MR) is 57.4 cm³/mol. The summed E-state index contributed by atoms with van der Waals surface area (Å²) >= 11 is 0. The van der Waals surface area contributed by atoms with Crippen molar-refractivity contribution >= 4 is 0 Å². The average Bonchev–Trinajstić information content (AvgIpc) is 2.16. The number of nitrogens with zero attached hydrogens (tertiary/aromatic N) is 1. The Labute approximate surface area is 86.8 Å².